The minimum atomic E-state index is -0.513. The summed E-state index contributed by atoms with van der Waals surface area (Å²) in [5.74, 6) is 0.143. The number of hydrogen-bond donors (Lipinski definition) is 4. The number of anilines is 2. The van der Waals surface area contributed by atoms with E-state index in [0.29, 0.717) is 47.1 Å². The number of nitrogens with one attached hydrogen (secondary N) is 3. The highest BCUT2D eigenvalue weighted by molar-refractivity contribution is 7.08. The third-order valence-corrected chi connectivity index (χ3v) is 7.01. The molecule has 6 rings (SSSR count). The highest BCUT2D eigenvalue weighted by Gasteiger charge is 2.28. The molecule has 1 amide bonds. The predicted octanol–water partition coefficient (Wildman–Crippen LogP) is 4.47. The Bertz CT molecular complexity index is 1650. The highest BCUT2D eigenvalue weighted by Crippen LogP contribution is 2.34. The number of imidazole rings is 1. The third kappa shape index (κ3) is 4.26. The van der Waals surface area contributed by atoms with Gasteiger partial charge >= 0.3 is 0 Å². The van der Waals surface area contributed by atoms with E-state index in [1.807, 2.05) is 23.6 Å². The van der Waals surface area contributed by atoms with Gasteiger partial charge in [0.25, 0.3) is 0 Å². The first-order valence-electron chi connectivity index (χ1n) is 12.0. The Hall–Kier alpha value is -4.64. The van der Waals surface area contributed by atoms with Gasteiger partial charge in [-0.1, -0.05) is 13.0 Å². The van der Waals surface area contributed by atoms with Crippen LogP contribution in [0.3, 0.4) is 0 Å². The molecule has 4 aromatic rings. The smallest absolute Gasteiger partial charge is 0.224 e. The van der Waals surface area contributed by atoms with Gasteiger partial charge in [-0.15, -0.1) is 0 Å². The molecular weight excluding hydrogens is 503 g/mol. The zero-order chi connectivity index (χ0) is 26.2. The summed E-state index contributed by atoms with van der Waals surface area (Å²) >= 11 is 1.60. The number of halogens is 1. The topological polar surface area (TPSA) is 134 Å². The SMILES string of the molecule is CCC(=O)Nc1cncc(-c2cnc3c(c2F)C(c2nc4c([nH]2)CC(N)=CC=C4c2ccsc2)=NCN3)c1. The fourth-order valence-electron chi connectivity index (χ4n) is 4.47. The first-order valence-corrected chi connectivity index (χ1v) is 13.0. The van der Waals surface area contributed by atoms with Crippen molar-refractivity contribution in [2.24, 2.45) is 10.7 Å². The quantitative estimate of drug-likeness (QED) is 0.303. The number of H-pyrrole nitrogens is 1. The lowest BCUT2D eigenvalue weighted by atomic mass is 10.0. The van der Waals surface area contributed by atoms with Crippen LogP contribution in [0, 0.1) is 5.82 Å². The van der Waals surface area contributed by atoms with E-state index in [4.69, 9.17) is 10.7 Å². The summed E-state index contributed by atoms with van der Waals surface area (Å²) in [5, 5.41) is 9.86. The Labute approximate surface area is 221 Å². The van der Waals surface area contributed by atoms with E-state index in [2.05, 4.69) is 36.0 Å². The van der Waals surface area contributed by atoms with Crippen LogP contribution in [0.2, 0.25) is 0 Å². The number of aromatic amines is 1. The first kappa shape index (κ1) is 23.7. The molecule has 5 N–H and O–H groups in total. The van der Waals surface area contributed by atoms with Crippen LogP contribution in [-0.2, 0) is 11.2 Å². The molecule has 38 heavy (non-hydrogen) atoms. The largest absolute Gasteiger partial charge is 0.402 e. The van der Waals surface area contributed by atoms with Crippen LogP contribution in [0.1, 0.15) is 41.7 Å². The zero-order valence-electron chi connectivity index (χ0n) is 20.4. The second kappa shape index (κ2) is 9.67. The van der Waals surface area contributed by atoms with Crippen molar-refractivity contribution < 1.29 is 9.18 Å². The number of hydrogen-bond acceptors (Lipinski definition) is 8. The number of amides is 1. The van der Waals surface area contributed by atoms with E-state index in [1.54, 1.807) is 24.3 Å². The number of nitrogens with zero attached hydrogens (tertiary/aromatic N) is 4. The Morgan fingerprint density at radius 1 is 1.24 bits per heavy atom. The third-order valence-electron chi connectivity index (χ3n) is 6.33. The van der Waals surface area contributed by atoms with Crippen LogP contribution < -0.4 is 16.4 Å². The monoisotopic (exact) mass is 526 g/mol. The van der Waals surface area contributed by atoms with Crippen molar-refractivity contribution in [3.63, 3.8) is 0 Å². The van der Waals surface area contributed by atoms with Crippen molar-refractivity contribution in [2.45, 2.75) is 19.8 Å². The van der Waals surface area contributed by atoms with E-state index in [1.165, 1.54) is 18.6 Å². The van der Waals surface area contributed by atoms with Crippen molar-refractivity contribution in [2.75, 3.05) is 17.3 Å². The van der Waals surface area contributed by atoms with Gasteiger partial charge in [-0.25, -0.2) is 14.4 Å². The Morgan fingerprint density at radius 3 is 2.95 bits per heavy atom. The number of nitrogens with two attached hydrogens (primary N) is 1. The summed E-state index contributed by atoms with van der Waals surface area (Å²) < 4.78 is 16.2. The fraction of sp³-hybridized carbons (Fsp3) is 0.148. The lowest BCUT2D eigenvalue weighted by Gasteiger charge is -2.19. The van der Waals surface area contributed by atoms with Gasteiger partial charge in [0.1, 0.15) is 24.0 Å². The molecule has 1 aliphatic heterocycles. The summed E-state index contributed by atoms with van der Waals surface area (Å²) in [6.07, 6.45) is 9.15. The Kier molecular flexibility index (Phi) is 6.04. The van der Waals surface area contributed by atoms with Gasteiger partial charge in [0, 0.05) is 53.3 Å². The maximum absolute atomic E-state index is 16.2. The summed E-state index contributed by atoms with van der Waals surface area (Å²) in [7, 11) is 0. The molecule has 0 aromatic carbocycles. The molecule has 11 heteroatoms. The summed E-state index contributed by atoms with van der Waals surface area (Å²) in [6.45, 7) is 1.99. The Balaban J connectivity index is 1.43. The molecule has 0 atom stereocenters. The average Bonchev–Trinajstić information content (AvgIpc) is 3.57. The van der Waals surface area contributed by atoms with E-state index < -0.39 is 5.82 Å². The van der Waals surface area contributed by atoms with Gasteiger partial charge in [0.15, 0.2) is 5.82 Å². The average molecular weight is 527 g/mol. The minimum Gasteiger partial charge on any atom is -0.402 e. The molecule has 2 aliphatic rings. The second-order valence-corrected chi connectivity index (χ2v) is 9.62. The van der Waals surface area contributed by atoms with Gasteiger partial charge in [-0.3, -0.25) is 14.8 Å². The van der Waals surface area contributed by atoms with Crippen molar-refractivity contribution in [1.82, 2.24) is 19.9 Å². The number of aromatic nitrogens is 4. The molecule has 9 nitrogen and oxygen atoms in total. The van der Waals surface area contributed by atoms with Gasteiger partial charge in [-0.05, 0) is 34.5 Å². The van der Waals surface area contributed by atoms with Crippen molar-refractivity contribution >= 4 is 40.0 Å². The molecular formula is C27H23FN8OS. The van der Waals surface area contributed by atoms with Crippen LogP contribution in [0.15, 0.2) is 64.3 Å². The lowest BCUT2D eigenvalue weighted by molar-refractivity contribution is -0.115. The summed E-state index contributed by atoms with van der Waals surface area (Å²) in [5.41, 5.74) is 12.2. The summed E-state index contributed by atoms with van der Waals surface area (Å²) in [6, 6.07) is 3.70. The molecule has 0 unspecified atom stereocenters. The molecule has 5 heterocycles. The lowest BCUT2D eigenvalue weighted by Crippen LogP contribution is -2.21. The summed E-state index contributed by atoms with van der Waals surface area (Å²) in [4.78, 5) is 33.3. The molecule has 190 valence electrons. The predicted molar refractivity (Wildman–Crippen MR) is 146 cm³/mol. The minimum absolute atomic E-state index is 0.157. The second-order valence-electron chi connectivity index (χ2n) is 8.84. The molecule has 4 aromatic heterocycles. The first-order chi connectivity index (χ1) is 18.5. The van der Waals surface area contributed by atoms with E-state index in [-0.39, 0.29) is 23.7 Å². The van der Waals surface area contributed by atoms with Crippen molar-refractivity contribution in [1.29, 1.82) is 0 Å². The fourth-order valence-corrected chi connectivity index (χ4v) is 5.12. The van der Waals surface area contributed by atoms with Crippen molar-refractivity contribution in [3.05, 3.63) is 93.5 Å². The van der Waals surface area contributed by atoms with E-state index in [0.717, 1.165) is 22.5 Å². The van der Waals surface area contributed by atoms with Crippen LogP contribution in [-0.4, -0.2) is 38.2 Å². The van der Waals surface area contributed by atoms with Crippen LogP contribution in [0.25, 0.3) is 16.7 Å². The molecule has 0 saturated carbocycles. The number of carbonyl (C=O) groups is 1. The molecule has 0 saturated heterocycles. The van der Waals surface area contributed by atoms with Crippen molar-refractivity contribution in [3.8, 4) is 11.1 Å². The van der Waals surface area contributed by atoms with E-state index in [9.17, 15) is 4.79 Å². The standard InChI is InChI=1S/C27H23FN8OS/c1-2-21(37)34-17-7-15(9-30-10-17)19-11-31-26-22(23(19)28)25(32-13-33-26)27-35-20-8-16(29)3-4-18(24(20)36-27)14-5-6-38-12-14/h3-7,9-12H,2,8,13,29H2,1H3,(H,31,33)(H,34,37)(H,35,36). The van der Waals surface area contributed by atoms with E-state index >= 15 is 4.39 Å². The molecule has 1 aliphatic carbocycles. The molecule has 0 radical (unpaired) electrons. The zero-order valence-corrected chi connectivity index (χ0v) is 21.2. The van der Waals surface area contributed by atoms with Gasteiger partial charge < -0.3 is 21.4 Å². The number of thiophene rings is 1. The maximum atomic E-state index is 16.2. The molecule has 0 bridgehead atoms. The molecule has 0 spiro atoms. The van der Waals surface area contributed by atoms with Crippen LogP contribution in [0.4, 0.5) is 15.9 Å². The number of carbonyl (C=O) groups excluding carboxylic acids is 1. The number of allylic oxidation sites excluding steroid dienone is 3. The van der Waals surface area contributed by atoms with Crippen LogP contribution in [0.5, 0.6) is 0 Å². The van der Waals surface area contributed by atoms with Gasteiger partial charge in [0.2, 0.25) is 5.91 Å². The number of fused-ring (bicyclic) bond motifs is 2. The highest BCUT2D eigenvalue weighted by atomic mass is 32.1. The Morgan fingerprint density at radius 2 is 2.13 bits per heavy atom. The number of aliphatic imine (C=N–C) groups is 1. The normalized spacial score (nSPS) is 14.3. The van der Waals surface area contributed by atoms with Gasteiger partial charge in [-0.2, -0.15) is 11.3 Å². The maximum Gasteiger partial charge on any atom is 0.224 e. The number of pyridine rings is 2. The molecule has 0 fully saturated rings. The van der Waals surface area contributed by atoms with Crippen LogP contribution >= 0.6 is 11.3 Å². The number of rotatable bonds is 5. The van der Waals surface area contributed by atoms with Gasteiger partial charge in [0.05, 0.1) is 23.1 Å².